The number of hydrogen-bond acceptors (Lipinski definition) is 4. The van der Waals surface area contributed by atoms with Crippen LogP contribution < -0.4 is 0 Å². The minimum atomic E-state index is -3.50. The van der Waals surface area contributed by atoms with Crippen LogP contribution in [0.25, 0.3) is 11.1 Å². The smallest absolute Gasteiger partial charge is 0.355 e. The third-order valence-corrected chi connectivity index (χ3v) is 4.78. The van der Waals surface area contributed by atoms with Gasteiger partial charge in [-0.05, 0) is 23.8 Å². The molecule has 0 amide bonds. The van der Waals surface area contributed by atoms with E-state index >= 15 is 0 Å². The first kappa shape index (κ1) is 15.1. The molecule has 0 bridgehead atoms. The summed E-state index contributed by atoms with van der Waals surface area (Å²) < 4.78 is 25.1. The van der Waals surface area contributed by atoms with Crippen molar-refractivity contribution in [2.75, 3.05) is 14.1 Å². The van der Waals surface area contributed by atoms with Crippen molar-refractivity contribution < 1.29 is 18.3 Å². The van der Waals surface area contributed by atoms with Crippen molar-refractivity contribution in [3.63, 3.8) is 0 Å². The third kappa shape index (κ3) is 2.93. The van der Waals surface area contributed by atoms with E-state index in [0.717, 1.165) is 4.31 Å². The van der Waals surface area contributed by atoms with Gasteiger partial charge in [0.15, 0.2) is 5.69 Å². The van der Waals surface area contributed by atoms with Crippen LogP contribution in [0.15, 0.2) is 47.5 Å². The van der Waals surface area contributed by atoms with E-state index in [1.807, 2.05) is 0 Å². The first-order valence-corrected chi connectivity index (χ1v) is 7.49. The van der Waals surface area contributed by atoms with Gasteiger partial charge < -0.3 is 5.11 Å². The Morgan fingerprint density at radius 2 is 1.76 bits per heavy atom. The van der Waals surface area contributed by atoms with Gasteiger partial charge in [0.1, 0.15) is 0 Å². The quantitative estimate of drug-likeness (QED) is 0.929. The number of benzene rings is 1. The average Bonchev–Trinajstić information content (AvgIpc) is 2.47. The van der Waals surface area contributed by atoms with Gasteiger partial charge in [-0.25, -0.2) is 22.5 Å². The molecular weight excluding hydrogens is 292 g/mol. The molecule has 1 heterocycles. The number of carboxylic acid groups (broad SMARTS) is 1. The Bertz CT molecular complexity index is 768. The molecule has 0 aliphatic rings. The van der Waals surface area contributed by atoms with Gasteiger partial charge in [-0.1, -0.05) is 18.2 Å². The molecule has 21 heavy (non-hydrogen) atoms. The molecule has 7 heteroatoms. The van der Waals surface area contributed by atoms with Crippen molar-refractivity contribution in [3.8, 4) is 11.1 Å². The van der Waals surface area contributed by atoms with E-state index in [4.69, 9.17) is 5.11 Å². The Hall–Kier alpha value is -2.25. The SMILES string of the molecule is CN(C)S(=O)(=O)c1ccc(-c2cccnc2C(=O)O)cc1. The van der Waals surface area contributed by atoms with E-state index in [1.165, 1.54) is 32.4 Å². The number of carbonyl (C=O) groups is 1. The highest BCUT2D eigenvalue weighted by molar-refractivity contribution is 7.89. The summed E-state index contributed by atoms with van der Waals surface area (Å²) >= 11 is 0. The molecule has 2 rings (SSSR count). The van der Waals surface area contributed by atoms with E-state index in [-0.39, 0.29) is 10.6 Å². The summed E-state index contributed by atoms with van der Waals surface area (Å²) in [6, 6.07) is 9.30. The van der Waals surface area contributed by atoms with Gasteiger partial charge in [0.05, 0.1) is 4.90 Å². The van der Waals surface area contributed by atoms with Gasteiger partial charge in [-0.2, -0.15) is 0 Å². The molecule has 2 aromatic rings. The van der Waals surface area contributed by atoms with Crippen LogP contribution in [0.5, 0.6) is 0 Å². The highest BCUT2D eigenvalue weighted by atomic mass is 32.2. The largest absolute Gasteiger partial charge is 0.476 e. The Balaban J connectivity index is 2.48. The predicted octanol–water partition coefficient (Wildman–Crippen LogP) is 1.70. The van der Waals surface area contributed by atoms with E-state index in [0.29, 0.717) is 11.1 Å². The molecule has 0 saturated heterocycles. The molecule has 0 atom stereocenters. The number of rotatable bonds is 4. The van der Waals surface area contributed by atoms with Gasteiger partial charge in [0.25, 0.3) is 0 Å². The second-order valence-corrected chi connectivity index (χ2v) is 6.67. The van der Waals surface area contributed by atoms with Crippen LogP contribution in [0.4, 0.5) is 0 Å². The minimum Gasteiger partial charge on any atom is -0.476 e. The highest BCUT2D eigenvalue weighted by Gasteiger charge is 2.18. The van der Waals surface area contributed by atoms with Crippen LogP contribution in [0.3, 0.4) is 0 Å². The lowest BCUT2D eigenvalue weighted by molar-refractivity contribution is 0.0691. The maximum Gasteiger partial charge on any atom is 0.355 e. The van der Waals surface area contributed by atoms with Crippen LogP contribution in [0.2, 0.25) is 0 Å². The van der Waals surface area contributed by atoms with Crippen LogP contribution >= 0.6 is 0 Å². The summed E-state index contributed by atoms with van der Waals surface area (Å²) in [4.78, 5) is 15.1. The van der Waals surface area contributed by atoms with Crippen LogP contribution in [0.1, 0.15) is 10.5 Å². The van der Waals surface area contributed by atoms with Crippen molar-refractivity contribution >= 4 is 16.0 Å². The molecule has 1 aromatic carbocycles. The molecule has 1 aromatic heterocycles. The summed E-state index contributed by atoms with van der Waals surface area (Å²) in [6.45, 7) is 0. The molecule has 0 radical (unpaired) electrons. The van der Waals surface area contributed by atoms with E-state index in [2.05, 4.69) is 4.98 Å². The van der Waals surface area contributed by atoms with Gasteiger partial charge >= 0.3 is 5.97 Å². The number of aromatic nitrogens is 1. The zero-order chi connectivity index (χ0) is 15.6. The lowest BCUT2D eigenvalue weighted by Crippen LogP contribution is -2.22. The standard InChI is InChI=1S/C14H14N2O4S/c1-16(2)21(19,20)11-7-5-10(6-8-11)12-4-3-9-15-13(12)14(17)18/h3-9H,1-2H3,(H,17,18). The lowest BCUT2D eigenvalue weighted by Gasteiger charge is -2.12. The fourth-order valence-corrected chi connectivity index (χ4v) is 2.73. The molecule has 0 saturated carbocycles. The summed E-state index contributed by atoms with van der Waals surface area (Å²) in [7, 11) is -0.598. The van der Waals surface area contributed by atoms with Crippen molar-refractivity contribution in [2.24, 2.45) is 0 Å². The maximum absolute atomic E-state index is 12.0. The maximum atomic E-state index is 12.0. The molecule has 0 aliphatic heterocycles. The molecule has 0 spiro atoms. The summed E-state index contributed by atoms with van der Waals surface area (Å²) in [5, 5.41) is 9.12. The zero-order valence-electron chi connectivity index (χ0n) is 11.5. The van der Waals surface area contributed by atoms with Crippen molar-refractivity contribution in [3.05, 3.63) is 48.3 Å². The Morgan fingerprint density at radius 3 is 2.29 bits per heavy atom. The molecular formula is C14H14N2O4S. The normalized spacial score (nSPS) is 11.6. The molecule has 1 N–H and O–H groups in total. The Morgan fingerprint density at radius 1 is 1.14 bits per heavy atom. The van der Waals surface area contributed by atoms with Crippen LogP contribution in [-0.2, 0) is 10.0 Å². The molecule has 0 fully saturated rings. The second kappa shape index (κ2) is 5.63. The monoisotopic (exact) mass is 306 g/mol. The number of pyridine rings is 1. The van der Waals surface area contributed by atoms with E-state index in [9.17, 15) is 13.2 Å². The second-order valence-electron chi connectivity index (χ2n) is 4.52. The Labute approximate surface area is 122 Å². The number of aromatic carboxylic acids is 1. The summed E-state index contributed by atoms with van der Waals surface area (Å²) in [5.74, 6) is -1.13. The van der Waals surface area contributed by atoms with E-state index < -0.39 is 16.0 Å². The summed E-state index contributed by atoms with van der Waals surface area (Å²) in [6.07, 6.45) is 1.40. The van der Waals surface area contributed by atoms with Gasteiger partial charge in [-0.15, -0.1) is 0 Å². The predicted molar refractivity (Wildman–Crippen MR) is 77.5 cm³/mol. The topological polar surface area (TPSA) is 87.6 Å². The van der Waals surface area contributed by atoms with E-state index in [1.54, 1.807) is 24.3 Å². The van der Waals surface area contributed by atoms with Gasteiger partial charge in [0, 0.05) is 25.9 Å². The first-order valence-electron chi connectivity index (χ1n) is 6.05. The van der Waals surface area contributed by atoms with Crippen LogP contribution in [-0.4, -0.2) is 42.9 Å². The first-order chi connectivity index (χ1) is 9.84. The van der Waals surface area contributed by atoms with Crippen molar-refractivity contribution in [1.29, 1.82) is 0 Å². The molecule has 6 nitrogen and oxygen atoms in total. The summed E-state index contributed by atoms with van der Waals surface area (Å²) in [5.41, 5.74) is 0.970. The van der Waals surface area contributed by atoms with Gasteiger partial charge in [0.2, 0.25) is 10.0 Å². The molecule has 0 aliphatic carbocycles. The molecule has 0 unspecified atom stereocenters. The number of sulfonamides is 1. The third-order valence-electron chi connectivity index (χ3n) is 2.95. The fourth-order valence-electron chi connectivity index (χ4n) is 1.83. The minimum absolute atomic E-state index is 0.0688. The van der Waals surface area contributed by atoms with Crippen molar-refractivity contribution in [1.82, 2.24) is 9.29 Å². The number of carboxylic acids is 1. The van der Waals surface area contributed by atoms with Gasteiger partial charge in [-0.3, -0.25) is 0 Å². The average molecular weight is 306 g/mol. The molecule has 110 valence electrons. The highest BCUT2D eigenvalue weighted by Crippen LogP contribution is 2.24. The number of nitrogens with zero attached hydrogens (tertiary/aromatic N) is 2. The lowest BCUT2D eigenvalue weighted by atomic mass is 10.0. The zero-order valence-corrected chi connectivity index (χ0v) is 12.3. The number of hydrogen-bond donors (Lipinski definition) is 1. The fraction of sp³-hybridized carbons (Fsp3) is 0.143. The van der Waals surface area contributed by atoms with Crippen LogP contribution in [0, 0.1) is 0 Å². The Kier molecular flexibility index (Phi) is 4.06. The van der Waals surface area contributed by atoms with Crippen molar-refractivity contribution in [2.45, 2.75) is 4.90 Å².